The zero-order valence-corrected chi connectivity index (χ0v) is 13.0. The smallest absolute Gasteiger partial charge is 0.337 e. The molecular formula is C18H12O8. The van der Waals surface area contributed by atoms with E-state index in [1.165, 1.54) is 12.2 Å². The minimum Gasteiger partial charge on any atom is -0.478 e. The van der Waals surface area contributed by atoms with Crippen molar-refractivity contribution in [1.29, 1.82) is 0 Å². The van der Waals surface area contributed by atoms with E-state index in [2.05, 4.69) is 0 Å². The Morgan fingerprint density at radius 3 is 1.65 bits per heavy atom. The molecule has 8 nitrogen and oxygen atoms in total. The van der Waals surface area contributed by atoms with Gasteiger partial charge in [-0.2, -0.15) is 0 Å². The molecule has 0 saturated carbocycles. The summed E-state index contributed by atoms with van der Waals surface area (Å²) in [5, 5.41) is 37.2. The Morgan fingerprint density at radius 1 is 0.654 bits per heavy atom. The fourth-order valence-corrected chi connectivity index (χ4v) is 2.42. The van der Waals surface area contributed by atoms with Crippen molar-refractivity contribution in [2.45, 2.75) is 0 Å². The molecule has 132 valence electrons. The molecule has 0 bridgehead atoms. The van der Waals surface area contributed by atoms with E-state index in [-0.39, 0.29) is 5.56 Å². The molecule has 0 saturated heterocycles. The molecule has 0 aliphatic rings. The fourth-order valence-electron chi connectivity index (χ4n) is 2.42. The SMILES string of the molecule is O=C(O)c1cc(C=Cc2ccccc2)c(C(=O)O)c(C(=O)O)c1C(=O)O. The Balaban J connectivity index is 2.85. The van der Waals surface area contributed by atoms with Crippen molar-refractivity contribution < 1.29 is 39.6 Å². The van der Waals surface area contributed by atoms with Gasteiger partial charge in [-0.15, -0.1) is 0 Å². The van der Waals surface area contributed by atoms with Crippen molar-refractivity contribution in [3.05, 3.63) is 69.8 Å². The molecule has 0 aliphatic carbocycles. The third kappa shape index (κ3) is 3.59. The van der Waals surface area contributed by atoms with Gasteiger partial charge in [-0.05, 0) is 17.2 Å². The van der Waals surface area contributed by atoms with Gasteiger partial charge in [0.25, 0.3) is 0 Å². The largest absolute Gasteiger partial charge is 0.478 e. The summed E-state index contributed by atoms with van der Waals surface area (Å²) in [5.41, 5.74) is -3.36. The molecule has 8 heteroatoms. The first-order chi connectivity index (χ1) is 12.2. The molecule has 2 aromatic rings. The Morgan fingerprint density at radius 2 is 1.19 bits per heavy atom. The third-order valence-electron chi connectivity index (χ3n) is 3.48. The van der Waals surface area contributed by atoms with Crippen LogP contribution < -0.4 is 0 Å². The number of benzene rings is 2. The van der Waals surface area contributed by atoms with E-state index in [1.807, 2.05) is 0 Å². The summed E-state index contributed by atoms with van der Waals surface area (Å²) in [7, 11) is 0. The first kappa shape index (κ1) is 18.4. The predicted octanol–water partition coefficient (Wildman–Crippen LogP) is 2.65. The summed E-state index contributed by atoms with van der Waals surface area (Å²) < 4.78 is 0. The average molecular weight is 356 g/mol. The lowest BCUT2D eigenvalue weighted by Gasteiger charge is -2.12. The van der Waals surface area contributed by atoms with E-state index in [4.69, 9.17) is 0 Å². The van der Waals surface area contributed by atoms with Crippen LogP contribution in [-0.4, -0.2) is 44.3 Å². The van der Waals surface area contributed by atoms with Crippen molar-refractivity contribution in [1.82, 2.24) is 0 Å². The lowest BCUT2D eigenvalue weighted by Crippen LogP contribution is -2.20. The first-order valence-electron chi connectivity index (χ1n) is 7.11. The van der Waals surface area contributed by atoms with E-state index >= 15 is 0 Å². The number of aromatic carboxylic acids is 4. The second-order valence-electron chi connectivity index (χ2n) is 5.10. The standard InChI is InChI=1S/C18H12O8/c19-15(20)11-8-10(7-6-9-4-2-1-3-5-9)12(16(21)22)14(18(25)26)13(11)17(23)24/h1-8H,(H,19,20)(H,21,22)(H,23,24)(H,25,26). The Hall–Kier alpha value is -3.94. The van der Waals surface area contributed by atoms with Gasteiger partial charge in [0.15, 0.2) is 0 Å². The van der Waals surface area contributed by atoms with Crippen molar-refractivity contribution in [2.24, 2.45) is 0 Å². The summed E-state index contributed by atoms with van der Waals surface area (Å²) in [4.78, 5) is 45.8. The van der Waals surface area contributed by atoms with Crippen LogP contribution >= 0.6 is 0 Å². The van der Waals surface area contributed by atoms with Crippen molar-refractivity contribution in [3.8, 4) is 0 Å². The molecule has 0 spiro atoms. The van der Waals surface area contributed by atoms with Gasteiger partial charge in [-0.3, -0.25) is 0 Å². The molecule has 0 radical (unpaired) electrons. The highest BCUT2D eigenvalue weighted by Gasteiger charge is 2.31. The van der Waals surface area contributed by atoms with Gasteiger partial charge in [0.05, 0.1) is 22.3 Å². The monoisotopic (exact) mass is 356 g/mol. The van der Waals surface area contributed by atoms with Gasteiger partial charge in [0, 0.05) is 0 Å². The van der Waals surface area contributed by atoms with E-state index < -0.39 is 46.1 Å². The summed E-state index contributed by atoms with van der Waals surface area (Å²) >= 11 is 0. The van der Waals surface area contributed by atoms with Gasteiger partial charge >= 0.3 is 23.9 Å². The lowest BCUT2D eigenvalue weighted by molar-refractivity contribution is 0.0619. The van der Waals surface area contributed by atoms with E-state index in [9.17, 15) is 39.6 Å². The Labute approximate surface area is 146 Å². The van der Waals surface area contributed by atoms with Crippen LogP contribution in [0, 0.1) is 0 Å². The quantitative estimate of drug-likeness (QED) is 0.577. The summed E-state index contributed by atoms with van der Waals surface area (Å²) in [6, 6.07) is 9.42. The van der Waals surface area contributed by atoms with Gasteiger partial charge in [-0.25, -0.2) is 19.2 Å². The second-order valence-corrected chi connectivity index (χ2v) is 5.10. The topological polar surface area (TPSA) is 149 Å². The molecule has 0 atom stereocenters. The highest BCUT2D eigenvalue weighted by molar-refractivity contribution is 6.15. The van der Waals surface area contributed by atoms with Gasteiger partial charge < -0.3 is 20.4 Å². The molecular weight excluding hydrogens is 344 g/mol. The maximum atomic E-state index is 11.6. The van der Waals surface area contributed by atoms with Crippen LogP contribution in [-0.2, 0) is 0 Å². The molecule has 0 unspecified atom stereocenters. The normalized spacial score (nSPS) is 10.6. The van der Waals surface area contributed by atoms with Crippen LogP contribution in [0.5, 0.6) is 0 Å². The molecule has 26 heavy (non-hydrogen) atoms. The number of carbonyl (C=O) groups is 4. The summed E-state index contributed by atoms with van der Waals surface area (Å²) in [6.07, 6.45) is 2.68. The van der Waals surface area contributed by atoms with E-state index in [0.29, 0.717) is 5.56 Å². The predicted molar refractivity (Wildman–Crippen MR) is 89.6 cm³/mol. The zero-order valence-electron chi connectivity index (χ0n) is 13.0. The number of hydrogen-bond donors (Lipinski definition) is 4. The highest BCUT2D eigenvalue weighted by Crippen LogP contribution is 2.26. The molecule has 2 aromatic carbocycles. The summed E-state index contributed by atoms with van der Waals surface area (Å²) in [6.45, 7) is 0. The maximum Gasteiger partial charge on any atom is 0.337 e. The molecule has 0 amide bonds. The van der Waals surface area contributed by atoms with Crippen LogP contribution in [0.1, 0.15) is 52.6 Å². The van der Waals surface area contributed by atoms with Crippen molar-refractivity contribution in [3.63, 3.8) is 0 Å². The minimum atomic E-state index is -1.85. The number of carboxylic acid groups (broad SMARTS) is 4. The zero-order chi connectivity index (χ0) is 19.4. The molecule has 0 heterocycles. The maximum absolute atomic E-state index is 11.6. The number of hydrogen-bond acceptors (Lipinski definition) is 4. The van der Waals surface area contributed by atoms with Crippen molar-refractivity contribution >= 4 is 36.0 Å². The van der Waals surface area contributed by atoms with Gasteiger partial charge in [0.2, 0.25) is 0 Å². The minimum absolute atomic E-state index is 0.235. The Bertz CT molecular complexity index is 941. The summed E-state index contributed by atoms with van der Waals surface area (Å²) in [5.74, 6) is -7.07. The fraction of sp³-hybridized carbons (Fsp3) is 0. The van der Waals surface area contributed by atoms with Crippen LogP contribution in [0.15, 0.2) is 36.4 Å². The average Bonchev–Trinajstić information content (AvgIpc) is 2.58. The van der Waals surface area contributed by atoms with Crippen LogP contribution in [0.2, 0.25) is 0 Å². The van der Waals surface area contributed by atoms with Crippen LogP contribution in [0.25, 0.3) is 12.2 Å². The number of rotatable bonds is 6. The Kier molecular flexibility index (Phi) is 5.17. The molecule has 2 rings (SSSR count). The van der Waals surface area contributed by atoms with E-state index in [0.717, 1.165) is 6.07 Å². The molecule has 0 aromatic heterocycles. The molecule has 0 aliphatic heterocycles. The molecule has 0 fully saturated rings. The van der Waals surface area contributed by atoms with E-state index in [1.54, 1.807) is 30.3 Å². The van der Waals surface area contributed by atoms with Crippen LogP contribution in [0.3, 0.4) is 0 Å². The lowest BCUT2D eigenvalue weighted by atomic mass is 9.90. The van der Waals surface area contributed by atoms with Crippen LogP contribution in [0.4, 0.5) is 0 Å². The van der Waals surface area contributed by atoms with Gasteiger partial charge in [-0.1, -0.05) is 42.5 Å². The first-order valence-corrected chi connectivity index (χ1v) is 7.11. The number of carboxylic acids is 4. The molecule has 4 N–H and O–H groups in total. The highest BCUT2D eigenvalue weighted by atomic mass is 16.4. The van der Waals surface area contributed by atoms with Crippen molar-refractivity contribution in [2.75, 3.05) is 0 Å². The second kappa shape index (κ2) is 7.31. The van der Waals surface area contributed by atoms with Gasteiger partial charge in [0.1, 0.15) is 0 Å². The third-order valence-corrected chi connectivity index (χ3v) is 3.48.